The minimum absolute atomic E-state index is 0.0352. The summed E-state index contributed by atoms with van der Waals surface area (Å²) in [6.07, 6.45) is 7.20. The van der Waals surface area contributed by atoms with Gasteiger partial charge in [-0.2, -0.15) is 5.26 Å². The van der Waals surface area contributed by atoms with Gasteiger partial charge in [0.2, 0.25) is 0 Å². The van der Waals surface area contributed by atoms with E-state index >= 15 is 4.39 Å². The molecule has 3 aliphatic carbocycles. The molecule has 0 radical (unpaired) electrons. The zero-order chi connectivity index (χ0) is 30.7. The average Bonchev–Trinajstić information content (AvgIpc) is 3.09. The van der Waals surface area contributed by atoms with E-state index in [0.717, 1.165) is 24.9 Å². The molecule has 8 rings (SSSR count). The zero-order valence-electron chi connectivity index (χ0n) is 25.9. The number of piperazine rings is 1. The van der Waals surface area contributed by atoms with Crippen LogP contribution in [0.3, 0.4) is 0 Å². The maximum Gasteiger partial charge on any atom is 0.259 e. The molecule has 3 saturated carbocycles. The second kappa shape index (κ2) is 12.0. The van der Waals surface area contributed by atoms with Crippen molar-refractivity contribution in [2.24, 2.45) is 17.8 Å². The number of amides is 1. The minimum Gasteiger partial charge on any atom is -0.378 e. The summed E-state index contributed by atoms with van der Waals surface area (Å²) in [6.45, 7) is 4.58. The van der Waals surface area contributed by atoms with Crippen LogP contribution in [0.2, 0.25) is 0 Å². The van der Waals surface area contributed by atoms with Crippen LogP contribution < -0.4 is 4.90 Å². The van der Waals surface area contributed by atoms with Crippen LogP contribution in [0.1, 0.15) is 50.5 Å². The van der Waals surface area contributed by atoms with Crippen molar-refractivity contribution in [2.75, 3.05) is 57.4 Å². The molecule has 0 bridgehead atoms. The molecule has 0 N–H and O–H groups in total. The predicted molar refractivity (Wildman–Crippen MR) is 165 cm³/mol. The number of nitrogens with zero attached hydrogens (tertiary/aromatic N) is 5. The average molecular weight is 618 g/mol. The Morgan fingerprint density at radius 2 is 1.71 bits per heavy atom. The van der Waals surface area contributed by atoms with Crippen molar-refractivity contribution in [3.05, 3.63) is 41.6 Å². The first-order valence-electron chi connectivity index (χ1n) is 17.2. The smallest absolute Gasteiger partial charge is 0.259 e. The van der Waals surface area contributed by atoms with Gasteiger partial charge in [-0.1, -0.05) is 31.4 Å². The van der Waals surface area contributed by atoms with E-state index in [4.69, 9.17) is 9.47 Å². The number of nitriles is 1. The Morgan fingerprint density at radius 1 is 0.933 bits per heavy atom. The van der Waals surface area contributed by atoms with E-state index in [0.29, 0.717) is 69.9 Å². The lowest BCUT2D eigenvalue weighted by molar-refractivity contribution is -0.227. The number of hydrogen-bond donors (Lipinski definition) is 0. The zero-order valence-corrected chi connectivity index (χ0v) is 25.9. The molecule has 9 atom stereocenters. The molecule has 1 amide bonds. The highest BCUT2D eigenvalue weighted by Gasteiger charge is 2.61. The third-order valence-corrected chi connectivity index (χ3v) is 12.1. The molecule has 4 heterocycles. The third-order valence-electron chi connectivity index (χ3n) is 12.1. The molecular formula is C35H44FN5O4. The number of morpholine rings is 2. The number of alkyl halides is 1. The van der Waals surface area contributed by atoms with Gasteiger partial charge < -0.3 is 24.2 Å². The molecule has 10 heteroatoms. The van der Waals surface area contributed by atoms with Crippen LogP contribution in [-0.2, 0) is 19.1 Å². The number of rotatable bonds is 3. The molecule has 0 spiro atoms. The Bertz CT molecular complexity index is 1380. The number of carbonyl (C=O) groups is 2. The number of ether oxygens (including phenoxy) is 2. The Morgan fingerprint density at radius 3 is 2.51 bits per heavy atom. The molecule has 1 aromatic rings. The SMILES string of the molecule is N#Cc1ccccc1N1CCN(C2C(F)CC3C(=O)C(C(=O)N4CCOCC4)=CN4C5C(CCC6CCCCC65)OC2C34)CC1. The van der Waals surface area contributed by atoms with Gasteiger partial charge in [0, 0.05) is 51.4 Å². The summed E-state index contributed by atoms with van der Waals surface area (Å²) in [6, 6.07) is 9.36. The first-order valence-corrected chi connectivity index (χ1v) is 17.2. The first-order chi connectivity index (χ1) is 22.0. The van der Waals surface area contributed by atoms with Gasteiger partial charge >= 0.3 is 0 Å². The normalized spacial score (nSPS) is 38.4. The van der Waals surface area contributed by atoms with E-state index in [2.05, 4.69) is 20.8 Å². The third kappa shape index (κ3) is 4.97. The number of halogens is 1. The van der Waals surface area contributed by atoms with Crippen LogP contribution in [-0.4, -0.2) is 115 Å². The summed E-state index contributed by atoms with van der Waals surface area (Å²) in [5, 5.41) is 9.64. The van der Waals surface area contributed by atoms with E-state index in [1.807, 2.05) is 30.5 Å². The predicted octanol–water partition coefficient (Wildman–Crippen LogP) is 3.14. The van der Waals surface area contributed by atoms with Crippen molar-refractivity contribution < 1.29 is 23.5 Å². The standard InChI is InChI=1S/C35H44FN5O4/c36-27-19-25-31-34(32(27)39-13-11-38(12-14-39)28-8-4-2-6-23(28)20-37)45-29-10-9-22-5-1-3-7-24(22)30(29)41(31)21-26(33(25)42)35(43)40-15-17-44-18-16-40/h2,4,6,8,21-22,24-25,27,29-32,34H,1,3,5,7,9-19H2. The lowest BCUT2D eigenvalue weighted by Gasteiger charge is -2.63. The van der Waals surface area contributed by atoms with E-state index in [1.54, 1.807) is 4.90 Å². The van der Waals surface area contributed by atoms with Gasteiger partial charge in [-0.25, -0.2) is 4.39 Å². The highest BCUT2D eigenvalue weighted by molar-refractivity contribution is 6.20. The van der Waals surface area contributed by atoms with Crippen molar-refractivity contribution >= 4 is 17.4 Å². The molecule has 7 aliphatic rings. The van der Waals surface area contributed by atoms with E-state index in [-0.39, 0.29) is 41.9 Å². The molecule has 45 heavy (non-hydrogen) atoms. The van der Waals surface area contributed by atoms with Crippen molar-refractivity contribution in [3.63, 3.8) is 0 Å². The lowest BCUT2D eigenvalue weighted by Crippen LogP contribution is -2.75. The first kappa shape index (κ1) is 29.4. The molecule has 3 saturated heterocycles. The lowest BCUT2D eigenvalue weighted by atomic mass is 9.63. The van der Waals surface area contributed by atoms with Crippen LogP contribution in [0.4, 0.5) is 10.1 Å². The van der Waals surface area contributed by atoms with Gasteiger partial charge in [0.05, 0.1) is 60.4 Å². The van der Waals surface area contributed by atoms with Gasteiger partial charge in [0.15, 0.2) is 5.78 Å². The summed E-state index contributed by atoms with van der Waals surface area (Å²) in [5.41, 5.74) is 1.80. The second-order valence-electron chi connectivity index (χ2n) is 14.2. The molecule has 6 fully saturated rings. The van der Waals surface area contributed by atoms with Gasteiger partial charge in [-0.15, -0.1) is 0 Å². The maximum atomic E-state index is 16.6. The van der Waals surface area contributed by atoms with E-state index < -0.39 is 24.2 Å². The van der Waals surface area contributed by atoms with Gasteiger partial charge in [-0.05, 0) is 49.7 Å². The fraction of sp³-hybridized carbons (Fsp3) is 0.686. The topological polar surface area (TPSA) is 89.3 Å². The summed E-state index contributed by atoms with van der Waals surface area (Å²) >= 11 is 0. The van der Waals surface area contributed by atoms with Crippen molar-refractivity contribution in [3.8, 4) is 6.07 Å². The van der Waals surface area contributed by atoms with Gasteiger partial charge in [0.25, 0.3) is 5.91 Å². The molecular weight excluding hydrogens is 573 g/mol. The number of ketones is 1. The Kier molecular flexibility index (Phi) is 7.83. The Balaban J connectivity index is 1.11. The van der Waals surface area contributed by atoms with Crippen molar-refractivity contribution in [2.45, 2.75) is 81.5 Å². The number of fused-ring (bicyclic) bond motifs is 4. The summed E-state index contributed by atoms with van der Waals surface area (Å²) < 4.78 is 29.1. The molecule has 4 aliphatic heterocycles. The number of anilines is 1. The summed E-state index contributed by atoms with van der Waals surface area (Å²) in [4.78, 5) is 36.6. The summed E-state index contributed by atoms with van der Waals surface area (Å²) in [7, 11) is 0. The number of hydrogen-bond acceptors (Lipinski definition) is 8. The van der Waals surface area contributed by atoms with Crippen LogP contribution >= 0.6 is 0 Å². The largest absolute Gasteiger partial charge is 0.378 e. The van der Waals surface area contributed by atoms with E-state index in [1.165, 1.54) is 19.3 Å². The highest BCUT2D eigenvalue weighted by atomic mass is 19.1. The highest BCUT2D eigenvalue weighted by Crippen LogP contribution is 2.52. The Labute approximate surface area is 264 Å². The van der Waals surface area contributed by atoms with Crippen LogP contribution in [0, 0.1) is 29.1 Å². The van der Waals surface area contributed by atoms with Gasteiger partial charge in [0.1, 0.15) is 12.2 Å². The Hall–Kier alpha value is -3.00. The van der Waals surface area contributed by atoms with Crippen LogP contribution in [0.25, 0.3) is 0 Å². The number of Topliss-reactive ketones (excluding diaryl/α,β-unsaturated/α-hetero) is 1. The fourth-order valence-corrected chi connectivity index (χ4v) is 10.0. The number of carbonyl (C=O) groups excluding carboxylic acids is 2. The molecule has 9 unspecified atom stereocenters. The molecule has 9 nitrogen and oxygen atoms in total. The number of para-hydroxylation sites is 1. The van der Waals surface area contributed by atoms with Crippen molar-refractivity contribution in [1.29, 1.82) is 5.26 Å². The summed E-state index contributed by atoms with van der Waals surface area (Å²) in [5.74, 6) is 0.0627. The minimum atomic E-state index is -1.24. The van der Waals surface area contributed by atoms with E-state index in [9.17, 15) is 14.9 Å². The second-order valence-corrected chi connectivity index (χ2v) is 14.2. The molecule has 240 valence electrons. The van der Waals surface area contributed by atoms with Crippen LogP contribution in [0.15, 0.2) is 36.0 Å². The molecule has 1 aromatic carbocycles. The van der Waals surface area contributed by atoms with Gasteiger partial charge in [-0.3, -0.25) is 14.5 Å². The van der Waals surface area contributed by atoms with Crippen molar-refractivity contribution in [1.82, 2.24) is 14.7 Å². The monoisotopic (exact) mass is 617 g/mol. The van der Waals surface area contributed by atoms with Crippen LogP contribution in [0.5, 0.6) is 0 Å². The quantitative estimate of drug-likeness (QED) is 0.479. The molecule has 0 aromatic heterocycles. The maximum absolute atomic E-state index is 16.6. The fourth-order valence-electron chi connectivity index (χ4n) is 10.0. The number of benzene rings is 1.